The number of aliphatic hydroxyl groups excluding tert-OH is 4. The van der Waals surface area contributed by atoms with Gasteiger partial charge in [0.05, 0.1) is 25.4 Å². The van der Waals surface area contributed by atoms with E-state index in [9.17, 15) is 53.7 Å². The quantitative estimate of drug-likeness (QED) is 0.0111. The maximum atomic E-state index is 12.8. The molecule has 22 heteroatoms. The van der Waals surface area contributed by atoms with Crippen molar-refractivity contribution < 1.29 is 76.5 Å². The minimum atomic E-state index is -5.46. The number of allylic oxidation sites excluding steroid dienone is 8. The van der Waals surface area contributed by atoms with Crippen LogP contribution >= 0.6 is 15.6 Å². The van der Waals surface area contributed by atoms with Crippen molar-refractivity contribution in [1.29, 1.82) is 0 Å². The van der Waals surface area contributed by atoms with Crippen molar-refractivity contribution in [3.05, 3.63) is 95.7 Å². The lowest BCUT2D eigenvalue weighted by Gasteiger charge is -2.21. The average Bonchev–Trinajstić information content (AvgIpc) is 3.60. The summed E-state index contributed by atoms with van der Waals surface area (Å²) in [6.45, 7) is 4.04. The van der Waals surface area contributed by atoms with E-state index < -0.39 is 95.9 Å². The first-order valence-corrected chi connectivity index (χ1v) is 27.6. The van der Waals surface area contributed by atoms with Gasteiger partial charge in [0.25, 0.3) is 0 Å². The smallest absolute Gasteiger partial charge is 0.462 e. The summed E-state index contributed by atoms with van der Waals surface area (Å²) >= 11 is 0. The highest BCUT2D eigenvalue weighted by Crippen LogP contribution is 2.60. The lowest BCUT2D eigenvalue weighted by Crippen LogP contribution is -2.36. The molecule has 1 aliphatic rings. The third kappa shape index (κ3) is 29.4. The number of nitrogens with zero attached hydrogens (tertiary/aromatic N) is 2. The minimum absolute atomic E-state index is 0.00868. The van der Waals surface area contributed by atoms with E-state index in [4.69, 9.17) is 29.0 Å². The lowest BCUT2D eigenvalue weighted by molar-refractivity contribution is -0.161. The molecular weight excluding hydrogens is 964 g/mol. The van der Waals surface area contributed by atoms with Crippen molar-refractivity contribution in [2.75, 3.05) is 25.6 Å². The molecule has 71 heavy (non-hydrogen) atoms. The molecule has 0 spiro atoms. The number of nitrogen functional groups attached to an aromatic ring is 1. The van der Waals surface area contributed by atoms with Crippen molar-refractivity contribution in [2.45, 2.75) is 173 Å². The molecule has 0 aromatic carbocycles. The van der Waals surface area contributed by atoms with Gasteiger partial charge < -0.3 is 50.2 Å². The van der Waals surface area contributed by atoms with Crippen LogP contribution < -0.4 is 11.4 Å². The Balaban J connectivity index is 1.86. The Labute approximate surface area is 418 Å². The van der Waals surface area contributed by atoms with E-state index >= 15 is 0 Å². The SMILES string of the molecule is CC/C=C\C[C@@H](O)/C=C/C=C\C=C\[C@@H](O)C/C=C\C/C=C\CCC(=O)OC[C@H](COP(=O)(O)OP(=O)(O)OC[C@H]1O[C@@H](n2ccc(N)nc2=O)[C@H](O)[C@@H]1O)OC(=O)CCCCCCCCCCC(C)CC. The van der Waals surface area contributed by atoms with Crippen LogP contribution in [0, 0.1) is 5.92 Å². The molecule has 10 atom stereocenters. The van der Waals surface area contributed by atoms with Gasteiger partial charge in [-0.3, -0.25) is 23.2 Å². The van der Waals surface area contributed by atoms with E-state index in [1.807, 2.05) is 37.3 Å². The summed E-state index contributed by atoms with van der Waals surface area (Å²) in [7, 11) is -10.9. The first-order chi connectivity index (χ1) is 33.9. The van der Waals surface area contributed by atoms with Crippen LogP contribution in [0.3, 0.4) is 0 Å². The number of hydrogen-bond donors (Lipinski definition) is 7. The molecule has 3 unspecified atom stereocenters. The number of aliphatic hydroxyl groups is 4. The number of phosphoric ester groups is 2. The zero-order valence-corrected chi connectivity index (χ0v) is 43.2. The van der Waals surface area contributed by atoms with Crippen LogP contribution in [0.4, 0.5) is 5.82 Å². The van der Waals surface area contributed by atoms with Gasteiger partial charge >= 0.3 is 33.3 Å². The molecule has 0 bridgehead atoms. The lowest BCUT2D eigenvalue weighted by atomic mass is 9.99. The van der Waals surface area contributed by atoms with Crippen LogP contribution in [-0.2, 0) is 46.3 Å². The molecule has 1 fully saturated rings. The van der Waals surface area contributed by atoms with Crippen LogP contribution in [0.15, 0.2) is 90.0 Å². The molecule has 0 amide bonds. The van der Waals surface area contributed by atoms with Gasteiger partial charge in [-0.15, -0.1) is 0 Å². The molecule has 8 N–H and O–H groups in total. The van der Waals surface area contributed by atoms with Crippen molar-refractivity contribution in [1.82, 2.24) is 9.55 Å². The molecule has 1 saturated heterocycles. The number of unbranched alkanes of at least 4 members (excludes halogenated alkanes) is 7. The summed E-state index contributed by atoms with van der Waals surface area (Å²) in [5.41, 5.74) is 4.56. The first kappa shape index (κ1) is 63.2. The van der Waals surface area contributed by atoms with Gasteiger partial charge in [-0.2, -0.15) is 9.29 Å². The topological polar surface area (TPSA) is 306 Å². The molecule has 0 aliphatic carbocycles. The number of nitrogens with two attached hydrogens (primary N) is 1. The average molecular weight is 1040 g/mol. The number of aromatic nitrogens is 2. The standard InChI is InChI=1S/C49H79N3O17P2/c1-4-6-19-27-39(53)29-22-17-18-23-30-40(54)28-21-14-11-12-15-24-31-44(55)64-35-41(67-45(56)32-25-16-10-8-7-9-13-20-26-38(3)5-2)36-65-70(60,61)69-71(62,63)66-37-42-46(57)47(58)48(68-42)52-34-33-43(50)51-49(52)59/h6,12,14-15,17-19,21-23,29-30,33-34,38-42,46-48,53-54,57-58H,4-5,7-11,13,16,20,24-28,31-32,35-37H2,1-3H3,(H,60,61)(H,62,63)(H2,50,51,59)/b15-12-,18-17-,19-6-,21-14-,29-22+,30-23+/t38?,39-,40+,41-,42-,46-,47-,48-/m1/s1. The minimum Gasteiger partial charge on any atom is -0.462 e. The molecule has 1 aromatic rings. The zero-order valence-electron chi connectivity index (χ0n) is 41.4. The summed E-state index contributed by atoms with van der Waals surface area (Å²) in [6.07, 6.45) is 26.5. The predicted octanol–water partition coefficient (Wildman–Crippen LogP) is 7.52. The fraction of sp³-hybridized carbons (Fsp3) is 0.633. The van der Waals surface area contributed by atoms with Gasteiger partial charge in [0, 0.05) is 19.0 Å². The summed E-state index contributed by atoms with van der Waals surface area (Å²) in [4.78, 5) is 61.8. The van der Waals surface area contributed by atoms with Gasteiger partial charge in [0.2, 0.25) is 0 Å². The van der Waals surface area contributed by atoms with E-state index in [-0.39, 0.29) is 18.7 Å². The number of anilines is 1. The summed E-state index contributed by atoms with van der Waals surface area (Å²) < 4.78 is 56.5. The van der Waals surface area contributed by atoms with Crippen LogP contribution in [0.2, 0.25) is 0 Å². The molecule has 2 heterocycles. The van der Waals surface area contributed by atoms with E-state index in [0.717, 1.165) is 55.2 Å². The highest BCUT2D eigenvalue weighted by Gasteiger charge is 2.46. The normalized spacial score (nSPS) is 21.1. The van der Waals surface area contributed by atoms with Gasteiger partial charge in [-0.05, 0) is 50.5 Å². The number of phosphoric acid groups is 2. The maximum absolute atomic E-state index is 12.8. The van der Waals surface area contributed by atoms with Gasteiger partial charge in [-0.1, -0.05) is 151 Å². The molecule has 402 valence electrons. The van der Waals surface area contributed by atoms with Crippen LogP contribution in [0.25, 0.3) is 0 Å². The molecule has 0 saturated carbocycles. The highest BCUT2D eigenvalue weighted by atomic mass is 31.3. The van der Waals surface area contributed by atoms with Crippen molar-refractivity contribution in [3.63, 3.8) is 0 Å². The second-order valence-electron chi connectivity index (χ2n) is 17.2. The Hall–Kier alpha value is -3.88. The number of esters is 2. The number of ether oxygens (including phenoxy) is 3. The second-order valence-corrected chi connectivity index (χ2v) is 20.3. The highest BCUT2D eigenvalue weighted by molar-refractivity contribution is 7.61. The van der Waals surface area contributed by atoms with E-state index in [1.54, 1.807) is 42.5 Å². The number of carbonyl (C=O) groups is 2. The van der Waals surface area contributed by atoms with Gasteiger partial charge in [-0.25, -0.2) is 13.9 Å². The van der Waals surface area contributed by atoms with Gasteiger partial charge in [0.15, 0.2) is 12.3 Å². The third-order valence-electron chi connectivity index (χ3n) is 11.0. The van der Waals surface area contributed by atoms with Crippen LogP contribution in [0.1, 0.15) is 136 Å². The fourth-order valence-corrected chi connectivity index (χ4v) is 8.89. The third-order valence-corrected chi connectivity index (χ3v) is 13.6. The monoisotopic (exact) mass is 1040 g/mol. The Kier molecular flexibility index (Phi) is 32.2. The molecule has 1 aromatic heterocycles. The van der Waals surface area contributed by atoms with E-state index in [0.29, 0.717) is 32.1 Å². The molecule has 1 aliphatic heterocycles. The van der Waals surface area contributed by atoms with Crippen molar-refractivity contribution >= 4 is 33.4 Å². The predicted molar refractivity (Wildman–Crippen MR) is 268 cm³/mol. The van der Waals surface area contributed by atoms with E-state index in [1.165, 1.54) is 31.7 Å². The molecule has 0 radical (unpaired) electrons. The fourth-order valence-electron chi connectivity index (χ4n) is 6.78. The largest absolute Gasteiger partial charge is 0.481 e. The Morgan fingerprint density at radius 2 is 1.41 bits per heavy atom. The molecular formula is C49H79N3O17P2. The number of rotatable bonds is 38. The Morgan fingerprint density at radius 3 is 2.04 bits per heavy atom. The summed E-state index contributed by atoms with van der Waals surface area (Å²) in [5, 5.41) is 40.9. The number of carbonyl (C=O) groups excluding carboxylic acids is 2. The summed E-state index contributed by atoms with van der Waals surface area (Å²) in [5.74, 6) is -0.737. The van der Waals surface area contributed by atoms with Crippen LogP contribution in [-0.4, -0.2) is 108 Å². The van der Waals surface area contributed by atoms with E-state index in [2.05, 4.69) is 23.1 Å². The zero-order chi connectivity index (χ0) is 52.5. The Bertz CT molecular complexity index is 2020. The summed E-state index contributed by atoms with van der Waals surface area (Å²) in [6, 6.07) is 1.23. The van der Waals surface area contributed by atoms with Crippen molar-refractivity contribution in [3.8, 4) is 0 Å². The van der Waals surface area contributed by atoms with Gasteiger partial charge in [0.1, 0.15) is 30.7 Å². The number of hydrogen-bond acceptors (Lipinski definition) is 17. The van der Waals surface area contributed by atoms with Crippen LogP contribution in [0.5, 0.6) is 0 Å². The van der Waals surface area contributed by atoms with Crippen molar-refractivity contribution in [2.24, 2.45) is 5.92 Å². The molecule has 20 nitrogen and oxygen atoms in total. The second kappa shape index (κ2) is 36.1. The first-order valence-electron chi connectivity index (χ1n) is 24.6. The molecule has 2 rings (SSSR count). The maximum Gasteiger partial charge on any atom is 0.481 e. The Morgan fingerprint density at radius 1 is 0.803 bits per heavy atom.